The molecule has 1 fully saturated rings. The summed E-state index contributed by atoms with van der Waals surface area (Å²) in [4.78, 5) is 0. The lowest BCUT2D eigenvalue weighted by Crippen LogP contribution is -2.27. The second-order valence-electron chi connectivity index (χ2n) is 4.77. The molecule has 1 aliphatic carbocycles. The highest BCUT2D eigenvalue weighted by Gasteiger charge is 2.20. The van der Waals surface area contributed by atoms with Crippen LogP contribution in [0.1, 0.15) is 46.0 Å². The van der Waals surface area contributed by atoms with Gasteiger partial charge in [0.1, 0.15) is 0 Å². The molecular weight excluding hydrogens is 170 g/mol. The first-order valence-corrected chi connectivity index (χ1v) is 6.10. The first-order valence-electron chi connectivity index (χ1n) is 6.10. The first kappa shape index (κ1) is 11.8. The van der Waals surface area contributed by atoms with Crippen LogP contribution in [0.4, 0.5) is 0 Å². The van der Waals surface area contributed by atoms with E-state index in [9.17, 15) is 0 Å². The van der Waals surface area contributed by atoms with Crippen molar-refractivity contribution in [3.8, 4) is 0 Å². The highest BCUT2D eigenvalue weighted by molar-refractivity contribution is 4.98. The third-order valence-electron chi connectivity index (χ3n) is 3.40. The zero-order valence-electron chi connectivity index (χ0n) is 9.81. The van der Waals surface area contributed by atoms with Gasteiger partial charge in [0.25, 0.3) is 0 Å². The van der Waals surface area contributed by atoms with Gasteiger partial charge in [-0.25, -0.2) is 0 Å². The van der Waals surface area contributed by atoms with Crippen molar-refractivity contribution in [2.75, 3.05) is 13.1 Å². The van der Waals surface area contributed by atoms with Gasteiger partial charge >= 0.3 is 0 Å². The van der Waals surface area contributed by atoms with Crippen molar-refractivity contribution < 1.29 is 0 Å². The molecule has 0 aromatic carbocycles. The molecule has 14 heavy (non-hydrogen) atoms. The summed E-state index contributed by atoms with van der Waals surface area (Å²) in [6, 6.07) is 0. The van der Waals surface area contributed by atoms with Crippen LogP contribution in [0.3, 0.4) is 0 Å². The molecule has 0 spiro atoms. The maximum absolute atomic E-state index is 4.06. The first-order chi connectivity index (χ1) is 6.74. The number of allylic oxidation sites excluding steroid dienone is 1. The van der Waals surface area contributed by atoms with Crippen LogP contribution in [0.2, 0.25) is 0 Å². The molecule has 1 aliphatic rings. The van der Waals surface area contributed by atoms with E-state index in [2.05, 4.69) is 25.7 Å². The van der Waals surface area contributed by atoms with E-state index in [1.54, 1.807) is 0 Å². The SMILES string of the molecule is C=C(C)C1CCC(CNCCC)CC1. The van der Waals surface area contributed by atoms with Crippen molar-refractivity contribution in [1.82, 2.24) is 5.32 Å². The topological polar surface area (TPSA) is 12.0 Å². The summed E-state index contributed by atoms with van der Waals surface area (Å²) in [6.45, 7) is 10.9. The molecular formula is C13H25N. The minimum Gasteiger partial charge on any atom is -0.316 e. The molecule has 1 saturated carbocycles. The molecule has 0 atom stereocenters. The molecule has 0 amide bonds. The van der Waals surface area contributed by atoms with Crippen molar-refractivity contribution in [1.29, 1.82) is 0 Å². The molecule has 0 aliphatic heterocycles. The van der Waals surface area contributed by atoms with Crippen molar-refractivity contribution in [2.45, 2.75) is 46.0 Å². The van der Waals surface area contributed by atoms with Crippen molar-refractivity contribution in [3.63, 3.8) is 0 Å². The lowest BCUT2D eigenvalue weighted by Gasteiger charge is -2.28. The van der Waals surface area contributed by atoms with Gasteiger partial charge in [-0.15, -0.1) is 0 Å². The summed E-state index contributed by atoms with van der Waals surface area (Å²) in [6.07, 6.45) is 6.78. The fourth-order valence-corrected chi connectivity index (χ4v) is 2.34. The molecule has 1 N–H and O–H groups in total. The fraction of sp³-hybridized carbons (Fsp3) is 0.846. The van der Waals surface area contributed by atoms with Gasteiger partial charge in [0.15, 0.2) is 0 Å². The van der Waals surface area contributed by atoms with Gasteiger partial charge in [-0.3, -0.25) is 0 Å². The van der Waals surface area contributed by atoms with Crippen molar-refractivity contribution in [3.05, 3.63) is 12.2 Å². The lowest BCUT2D eigenvalue weighted by molar-refractivity contribution is 0.293. The zero-order chi connectivity index (χ0) is 10.4. The monoisotopic (exact) mass is 195 g/mol. The van der Waals surface area contributed by atoms with E-state index in [-0.39, 0.29) is 0 Å². The normalized spacial score (nSPS) is 27.6. The van der Waals surface area contributed by atoms with Crippen LogP contribution < -0.4 is 5.32 Å². The summed E-state index contributed by atoms with van der Waals surface area (Å²) in [7, 11) is 0. The molecule has 0 unspecified atom stereocenters. The third-order valence-corrected chi connectivity index (χ3v) is 3.40. The maximum atomic E-state index is 4.06. The van der Waals surface area contributed by atoms with Gasteiger partial charge < -0.3 is 5.32 Å². The highest BCUT2D eigenvalue weighted by Crippen LogP contribution is 2.31. The van der Waals surface area contributed by atoms with E-state index in [4.69, 9.17) is 0 Å². The molecule has 0 radical (unpaired) electrons. The Labute approximate surface area is 89.0 Å². The predicted octanol–water partition coefficient (Wildman–Crippen LogP) is 3.37. The molecule has 0 bridgehead atoms. The van der Waals surface area contributed by atoms with Gasteiger partial charge in [0.05, 0.1) is 0 Å². The van der Waals surface area contributed by atoms with Crippen LogP contribution in [0, 0.1) is 11.8 Å². The molecule has 1 heteroatoms. The minimum atomic E-state index is 0.817. The van der Waals surface area contributed by atoms with Crippen LogP contribution >= 0.6 is 0 Å². The molecule has 0 aromatic heterocycles. The van der Waals surface area contributed by atoms with E-state index < -0.39 is 0 Å². The largest absolute Gasteiger partial charge is 0.316 e. The second-order valence-corrected chi connectivity index (χ2v) is 4.77. The van der Waals surface area contributed by atoms with Crippen LogP contribution in [-0.2, 0) is 0 Å². The van der Waals surface area contributed by atoms with E-state index in [1.165, 1.54) is 50.8 Å². The number of rotatable bonds is 5. The average Bonchev–Trinajstić information content (AvgIpc) is 2.19. The summed E-state index contributed by atoms with van der Waals surface area (Å²) < 4.78 is 0. The van der Waals surface area contributed by atoms with Gasteiger partial charge in [-0.05, 0) is 64.0 Å². The van der Waals surface area contributed by atoms with Crippen LogP contribution in [-0.4, -0.2) is 13.1 Å². The number of hydrogen-bond acceptors (Lipinski definition) is 1. The highest BCUT2D eigenvalue weighted by atomic mass is 14.8. The standard InChI is InChI=1S/C13H25N/c1-4-9-14-10-12-5-7-13(8-6-12)11(2)3/h12-14H,2,4-10H2,1,3H3. The second kappa shape index (κ2) is 6.23. The predicted molar refractivity (Wildman–Crippen MR) is 63.4 cm³/mol. The van der Waals surface area contributed by atoms with E-state index in [0.29, 0.717) is 0 Å². The van der Waals surface area contributed by atoms with Gasteiger partial charge in [-0.1, -0.05) is 19.1 Å². The molecule has 0 heterocycles. The Bertz CT molecular complexity index is 166. The Morgan fingerprint density at radius 1 is 1.29 bits per heavy atom. The van der Waals surface area contributed by atoms with E-state index >= 15 is 0 Å². The van der Waals surface area contributed by atoms with Gasteiger partial charge in [0, 0.05) is 0 Å². The summed E-state index contributed by atoms with van der Waals surface area (Å²) in [5.74, 6) is 1.74. The maximum Gasteiger partial charge on any atom is -0.00205 e. The fourth-order valence-electron chi connectivity index (χ4n) is 2.34. The Kier molecular flexibility index (Phi) is 5.24. The van der Waals surface area contributed by atoms with Crippen molar-refractivity contribution in [2.24, 2.45) is 11.8 Å². The Hall–Kier alpha value is -0.300. The lowest BCUT2D eigenvalue weighted by atomic mass is 9.79. The number of hydrogen-bond donors (Lipinski definition) is 1. The minimum absolute atomic E-state index is 0.817. The molecule has 1 nitrogen and oxygen atoms in total. The quantitative estimate of drug-likeness (QED) is 0.524. The zero-order valence-corrected chi connectivity index (χ0v) is 9.81. The third kappa shape index (κ3) is 3.83. The molecule has 1 rings (SSSR count). The van der Waals surface area contributed by atoms with E-state index in [0.717, 1.165) is 11.8 Å². The molecule has 82 valence electrons. The van der Waals surface area contributed by atoms with Gasteiger partial charge in [-0.2, -0.15) is 0 Å². The Balaban J connectivity index is 2.12. The summed E-state index contributed by atoms with van der Waals surface area (Å²) in [5, 5.41) is 3.53. The summed E-state index contributed by atoms with van der Waals surface area (Å²) >= 11 is 0. The van der Waals surface area contributed by atoms with Crippen LogP contribution in [0.5, 0.6) is 0 Å². The number of nitrogens with one attached hydrogen (secondary N) is 1. The smallest absolute Gasteiger partial charge is 0.00205 e. The van der Waals surface area contributed by atoms with E-state index in [1.807, 2.05) is 0 Å². The van der Waals surface area contributed by atoms with Gasteiger partial charge in [0.2, 0.25) is 0 Å². The average molecular weight is 195 g/mol. The Morgan fingerprint density at radius 3 is 2.43 bits per heavy atom. The van der Waals surface area contributed by atoms with Crippen LogP contribution in [0.25, 0.3) is 0 Å². The van der Waals surface area contributed by atoms with Crippen LogP contribution in [0.15, 0.2) is 12.2 Å². The summed E-state index contributed by atoms with van der Waals surface area (Å²) in [5.41, 5.74) is 1.39. The van der Waals surface area contributed by atoms with Crippen molar-refractivity contribution >= 4 is 0 Å². The Morgan fingerprint density at radius 2 is 1.93 bits per heavy atom. The molecule has 0 aromatic rings. The molecule has 0 saturated heterocycles.